The smallest absolute Gasteiger partial charge is 0.348 e. The first-order chi connectivity index (χ1) is 10.9. The molecule has 1 saturated carbocycles. The SMILES string of the molecule is O=C(NC1CCC(C(F)(F)F)CC1)c1csc(-c2cnc[nH]2)n1. The van der Waals surface area contributed by atoms with Crippen LogP contribution in [-0.2, 0) is 0 Å². The lowest BCUT2D eigenvalue weighted by Gasteiger charge is -2.30. The highest BCUT2D eigenvalue weighted by molar-refractivity contribution is 7.13. The van der Waals surface area contributed by atoms with Gasteiger partial charge in [0.25, 0.3) is 5.91 Å². The lowest BCUT2D eigenvalue weighted by molar-refractivity contribution is -0.182. The van der Waals surface area contributed by atoms with E-state index in [0.717, 1.165) is 5.69 Å². The molecule has 23 heavy (non-hydrogen) atoms. The molecule has 3 rings (SSSR count). The van der Waals surface area contributed by atoms with Crippen molar-refractivity contribution < 1.29 is 18.0 Å². The van der Waals surface area contributed by atoms with Crippen LogP contribution < -0.4 is 5.32 Å². The van der Waals surface area contributed by atoms with Crippen molar-refractivity contribution in [1.29, 1.82) is 0 Å². The molecule has 1 aliphatic rings. The fourth-order valence-corrected chi connectivity index (χ4v) is 3.47. The fourth-order valence-electron chi connectivity index (χ4n) is 2.70. The van der Waals surface area contributed by atoms with Crippen LogP contribution in [0.1, 0.15) is 36.2 Å². The monoisotopic (exact) mass is 344 g/mol. The maximum absolute atomic E-state index is 12.6. The zero-order valence-corrected chi connectivity index (χ0v) is 12.9. The summed E-state index contributed by atoms with van der Waals surface area (Å²) in [6.45, 7) is 0. The van der Waals surface area contributed by atoms with Gasteiger partial charge in [-0.05, 0) is 25.7 Å². The third-order valence-corrected chi connectivity index (χ3v) is 4.87. The lowest BCUT2D eigenvalue weighted by atomic mass is 9.85. The number of alkyl halides is 3. The van der Waals surface area contributed by atoms with Gasteiger partial charge in [0.1, 0.15) is 10.7 Å². The molecule has 9 heteroatoms. The highest BCUT2D eigenvalue weighted by Gasteiger charge is 2.41. The Morgan fingerprint density at radius 3 is 2.65 bits per heavy atom. The Balaban J connectivity index is 1.56. The molecule has 124 valence electrons. The quantitative estimate of drug-likeness (QED) is 0.897. The summed E-state index contributed by atoms with van der Waals surface area (Å²) < 4.78 is 37.9. The number of rotatable bonds is 3. The summed E-state index contributed by atoms with van der Waals surface area (Å²) in [5.41, 5.74) is 0.997. The van der Waals surface area contributed by atoms with Gasteiger partial charge in [-0.3, -0.25) is 4.79 Å². The van der Waals surface area contributed by atoms with E-state index >= 15 is 0 Å². The van der Waals surface area contributed by atoms with E-state index in [-0.39, 0.29) is 30.5 Å². The van der Waals surface area contributed by atoms with Crippen molar-refractivity contribution in [3.8, 4) is 10.7 Å². The van der Waals surface area contributed by atoms with Gasteiger partial charge in [-0.2, -0.15) is 13.2 Å². The average Bonchev–Trinajstić information content (AvgIpc) is 3.18. The molecule has 2 aromatic rings. The van der Waals surface area contributed by atoms with Crippen molar-refractivity contribution in [3.63, 3.8) is 0 Å². The molecule has 1 aliphatic carbocycles. The van der Waals surface area contributed by atoms with Crippen LogP contribution in [0.3, 0.4) is 0 Å². The van der Waals surface area contributed by atoms with Crippen molar-refractivity contribution in [2.75, 3.05) is 0 Å². The predicted octanol–water partition coefficient (Wildman–Crippen LogP) is 3.38. The van der Waals surface area contributed by atoms with Crippen LogP contribution in [0.2, 0.25) is 0 Å². The Morgan fingerprint density at radius 2 is 2.04 bits per heavy atom. The third kappa shape index (κ3) is 3.72. The number of hydrogen-bond acceptors (Lipinski definition) is 4. The number of hydrogen-bond donors (Lipinski definition) is 2. The molecular formula is C14H15F3N4OS. The Kier molecular flexibility index (Phi) is 4.38. The van der Waals surface area contributed by atoms with Crippen molar-refractivity contribution >= 4 is 17.2 Å². The molecule has 2 N–H and O–H groups in total. The number of H-pyrrole nitrogens is 1. The number of carbonyl (C=O) groups is 1. The van der Waals surface area contributed by atoms with E-state index < -0.39 is 12.1 Å². The molecule has 0 unspecified atom stereocenters. The fraction of sp³-hybridized carbons (Fsp3) is 0.500. The van der Waals surface area contributed by atoms with E-state index in [2.05, 4.69) is 20.3 Å². The molecule has 0 spiro atoms. The summed E-state index contributed by atoms with van der Waals surface area (Å²) in [6, 6.07) is -0.224. The number of nitrogens with zero attached hydrogens (tertiary/aromatic N) is 2. The number of thiazole rings is 1. The molecule has 0 atom stereocenters. The summed E-state index contributed by atoms with van der Waals surface area (Å²) in [4.78, 5) is 23.2. The summed E-state index contributed by atoms with van der Waals surface area (Å²) in [5.74, 6) is -1.59. The Hall–Kier alpha value is -1.90. The maximum Gasteiger partial charge on any atom is 0.391 e. The van der Waals surface area contributed by atoms with E-state index in [0.29, 0.717) is 17.8 Å². The highest BCUT2D eigenvalue weighted by atomic mass is 32.1. The number of aromatic amines is 1. The molecule has 1 amide bonds. The Morgan fingerprint density at radius 1 is 1.30 bits per heavy atom. The highest BCUT2D eigenvalue weighted by Crippen LogP contribution is 2.37. The Bertz CT molecular complexity index is 660. The zero-order chi connectivity index (χ0) is 16.4. The van der Waals surface area contributed by atoms with Gasteiger partial charge < -0.3 is 10.3 Å². The van der Waals surface area contributed by atoms with Gasteiger partial charge in [-0.15, -0.1) is 11.3 Å². The minimum atomic E-state index is -4.14. The van der Waals surface area contributed by atoms with Crippen LogP contribution in [-0.4, -0.2) is 33.1 Å². The summed E-state index contributed by atoms with van der Waals surface area (Å²) in [5, 5.41) is 5.06. The van der Waals surface area contributed by atoms with Crippen molar-refractivity contribution in [2.45, 2.75) is 37.9 Å². The summed E-state index contributed by atoms with van der Waals surface area (Å²) >= 11 is 1.31. The van der Waals surface area contributed by atoms with Gasteiger partial charge in [0, 0.05) is 11.4 Å². The molecule has 2 heterocycles. The standard InChI is InChI=1S/C14H15F3N4OS/c15-14(16,17)8-1-3-9(4-2-8)20-12(22)11-6-23-13(21-11)10-5-18-7-19-10/h5-9H,1-4H2,(H,18,19)(H,20,22). The summed E-state index contributed by atoms with van der Waals surface area (Å²) in [6.07, 6.45) is -0.200. The van der Waals surface area contributed by atoms with Gasteiger partial charge in [0.05, 0.1) is 24.1 Å². The average molecular weight is 344 g/mol. The second-order valence-electron chi connectivity index (χ2n) is 5.57. The predicted molar refractivity (Wildman–Crippen MR) is 79.0 cm³/mol. The number of halogens is 3. The van der Waals surface area contributed by atoms with Gasteiger partial charge in [-0.25, -0.2) is 9.97 Å². The van der Waals surface area contributed by atoms with E-state index in [4.69, 9.17) is 0 Å². The van der Waals surface area contributed by atoms with Crippen LogP contribution >= 0.6 is 11.3 Å². The first-order valence-corrected chi connectivity index (χ1v) is 8.13. The topological polar surface area (TPSA) is 70.7 Å². The molecule has 0 aromatic carbocycles. The zero-order valence-electron chi connectivity index (χ0n) is 12.1. The van der Waals surface area contributed by atoms with Crippen LogP contribution in [0.25, 0.3) is 10.7 Å². The first kappa shape index (κ1) is 16.0. The molecule has 2 aromatic heterocycles. The molecule has 0 saturated heterocycles. The van der Waals surface area contributed by atoms with Gasteiger partial charge in [0.2, 0.25) is 0 Å². The third-order valence-electron chi connectivity index (χ3n) is 3.99. The first-order valence-electron chi connectivity index (χ1n) is 7.25. The molecule has 1 fully saturated rings. The molecule has 5 nitrogen and oxygen atoms in total. The van der Waals surface area contributed by atoms with Gasteiger partial charge >= 0.3 is 6.18 Å². The van der Waals surface area contributed by atoms with E-state index in [1.165, 1.54) is 17.7 Å². The van der Waals surface area contributed by atoms with Gasteiger partial charge in [-0.1, -0.05) is 0 Å². The molecular weight excluding hydrogens is 329 g/mol. The number of nitrogens with one attached hydrogen (secondary N) is 2. The largest absolute Gasteiger partial charge is 0.391 e. The maximum atomic E-state index is 12.6. The van der Waals surface area contributed by atoms with Crippen molar-refractivity contribution in [3.05, 3.63) is 23.6 Å². The van der Waals surface area contributed by atoms with E-state index in [1.54, 1.807) is 11.6 Å². The summed E-state index contributed by atoms with van der Waals surface area (Å²) in [7, 11) is 0. The van der Waals surface area contributed by atoms with Crippen LogP contribution in [0, 0.1) is 5.92 Å². The molecule has 0 bridgehead atoms. The van der Waals surface area contributed by atoms with E-state index in [1.807, 2.05) is 0 Å². The number of aromatic nitrogens is 3. The van der Waals surface area contributed by atoms with Gasteiger partial charge in [0.15, 0.2) is 0 Å². The number of carbonyl (C=O) groups excluding carboxylic acids is 1. The lowest BCUT2D eigenvalue weighted by Crippen LogP contribution is -2.40. The normalized spacial score (nSPS) is 22.0. The van der Waals surface area contributed by atoms with Crippen LogP contribution in [0.5, 0.6) is 0 Å². The van der Waals surface area contributed by atoms with Crippen LogP contribution in [0.15, 0.2) is 17.9 Å². The molecule has 0 aliphatic heterocycles. The number of amides is 1. The number of imidazole rings is 1. The second kappa shape index (κ2) is 6.31. The van der Waals surface area contributed by atoms with Crippen LogP contribution in [0.4, 0.5) is 13.2 Å². The minimum Gasteiger partial charge on any atom is -0.348 e. The minimum absolute atomic E-state index is 0.0604. The second-order valence-corrected chi connectivity index (χ2v) is 6.42. The Labute approximate surface area is 134 Å². The van der Waals surface area contributed by atoms with Crippen molar-refractivity contribution in [1.82, 2.24) is 20.3 Å². The van der Waals surface area contributed by atoms with Crippen molar-refractivity contribution in [2.24, 2.45) is 5.92 Å². The molecule has 0 radical (unpaired) electrons. The van der Waals surface area contributed by atoms with E-state index in [9.17, 15) is 18.0 Å².